The number of anilines is 1. The number of nitrogens with zero attached hydrogens (tertiary/aromatic N) is 4. The third-order valence-corrected chi connectivity index (χ3v) is 5.72. The van der Waals surface area contributed by atoms with Gasteiger partial charge in [-0.05, 0) is 56.2 Å². The topological polar surface area (TPSA) is 91.0 Å². The van der Waals surface area contributed by atoms with Crippen LogP contribution in [0.15, 0.2) is 24.3 Å². The summed E-state index contributed by atoms with van der Waals surface area (Å²) in [6.45, 7) is 4.36. The average molecular weight is 391 g/mol. The zero-order valence-electron chi connectivity index (χ0n) is 16.6. The summed E-state index contributed by atoms with van der Waals surface area (Å²) in [5.41, 5.74) is 2.17. The molecular formula is C22H25N5O2. The van der Waals surface area contributed by atoms with Crippen LogP contribution in [-0.4, -0.2) is 39.4 Å². The van der Waals surface area contributed by atoms with Gasteiger partial charge >= 0.3 is 0 Å². The highest BCUT2D eigenvalue weighted by Crippen LogP contribution is 2.25. The maximum atomic E-state index is 13.2. The van der Waals surface area contributed by atoms with Gasteiger partial charge in [-0.1, -0.05) is 13.0 Å². The Morgan fingerprint density at radius 1 is 1.24 bits per heavy atom. The molecule has 7 nitrogen and oxygen atoms in total. The van der Waals surface area contributed by atoms with E-state index in [-0.39, 0.29) is 11.8 Å². The van der Waals surface area contributed by atoms with Crippen molar-refractivity contribution in [3.63, 3.8) is 0 Å². The monoisotopic (exact) mass is 391 g/mol. The molecule has 0 spiro atoms. The zero-order valence-corrected chi connectivity index (χ0v) is 16.6. The van der Waals surface area contributed by atoms with Gasteiger partial charge in [0.15, 0.2) is 11.5 Å². The first-order valence-corrected chi connectivity index (χ1v) is 10.3. The molecule has 0 bridgehead atoms. The molecule has 0 radical (unpaired) electrons. The highest BCUT2D eigenvalue weighted by atomic mass is 16.2. The van der Waals surface area contributed by atoms with E-state index in [9.17, 15) is 9.59 Å². The molecule has 29 heavy (non-hydrogen) atoms. The molecule has 1 atom stereocenters. The molecule has 2 aliphatic rings. The molecule has 1 saturated heterocycles. The predicted octanol–water partition coefficient (Wildman–Crippen LogP) is 3.22. The highest BCUT2D eigenvalue weighted by Gasteiger charge is 2.31. The fourth-order valence-corrected chi connectivity index (χ4v) is 4.26. The van der Waals surface area contributed by atoms with Gasteiger partial charge in [-0.3, -0.25) is 9.59 Å². The van der Waals surface area contributed by atoms with Crippen LogP contribution in [0.25, 0.3) is 0 Å². The second kappa shape index (κ2) is 8.08. The van der Waals surface area contributed by atoms with Gasteiger partial charge in [0, 0.05) is 25.3 Å². The molecule has 1 aromatic heterocycles. The van der Waals surface area contributed by atoms with Gasteiger partial charge in [0.2, 0.25) is 0 Å². The first kappa shape index (κ1) is 19.2. The van der Waals surface area contributed by atoms with E-state index in [0.717, 1.165) is 50.9 Å². The minimum atomic E-state index is -0.336. The average Bonchev–Trinajstić information content (AvgIpc) is 3.13. The smallest absolute Gasteiger partial charge is 0.289 e. The largest absolute Gasteiger partial charge is 0.336 e. The molecule has 0 saturated carbocycles. The van der Waals surface area contributed by atoms with Crippen LogP contribution in [0.3, 0.4) is 0 Å². The standard InChI is InChI=1S/C22H25N5O2/c1-15-6-5-10-26(14-15)22(29)20-25-19(18-9-2-3-11-27(18)20)21(28)24-17-8-4-7-16(12-17)13-23/h4,7-8,12,15H,2-3,5-6,9-11,14H2,1H3,(H,24,28). The molecule has 1 aromatic carbocycles. The lowest BCUT2D eigenvalue weighted by Crippen LogP contribution is -2.40. The summed E-state index contributed by atoms with van der Waals surface area (Å²) in [7, 11) is 0. The lowest BCUT2D eigenvalue weighted by atomic mass is 10.0. The van der Waals surface area contributed by atoms with E-state index < -0.39 is 0 Å². The van der Waals surface area contributed by atoms with E-state index >= 15 is 0 Å². The van der Waals surface area contributed by atoms with E-state index in [0.29, 0.717) is 35.2 Å². The maximum Gasteiger partial charge on any atom is 0.289 e. The Balaban J connectivity index is 1.63. The van der Waals surface area contributed by atoms with E-state index in [4.69, 9.17) is 5.26 Å². The summed E-state index contributed by atoms with van der Waals surface area (Å²) < 4.78 is 1.94. The number of carbonyl (C=O) groups is 2. The van der Waals surface area contributed by atoms with Crippen LogP contribution in [0.4, 0.5) is 5.69 Å². The molecule has 4 rings (SSSR count). The minimum absolute atomic E-state index is 0.0785. The Morgan fingerprint density at radius 3 is 2.90 bits per heavy atom. The number of amides is 2. The van der Waals surface area contributed by atoms with E-state index in [1.807, 2.05) is 9.47 Å². The van der Waals surface area contributed by atoms with Crippen molar-refractivity contribution >= 4 is 17.5 Å². The summed E-state index contributed by atoms with van der Waals surface area (Å²) in [4.78, 5) is 32.5. The van der Waals surface area contributed by atoms with E-state index in [1.165, 1.54) is 0 Å². The molecule has 3 heterocycles. The van der Waals surface area contributed by atoms with Crippen molar-refractivity contribution in [3.05, 3.63) is 47.0 Å². The minimum Gasteiger partial charge on any atom is -0.336 e. The maximum absolute atomic E-state index is 13.2. The van der Waals surface area contributed by atoms with Crippen molar-refractivity contribution in [2.75, 3.05) is 18.4 Å². The Labute approximate surface area is 170 Å². The molecule has 2 aromatic rings. The number of piperidine rings is 1. The molecule has 1 unspecified atom stereocenters. The number of nitrogens with one attached hydrogen (secondary N) is 1. The number of hydrogen-bond acceptors (Lipinski definition) is 4. The van der Waals surface area contributed by atoms with Crippen LogP contribution in [0, 0.1) is 17.2 Å². The summed E-state index contributed by atoms with van der Waals surface area (Å²) in [5, 5.41) is 11.9. The van der Waals surface area contributed by atoms with Crippen molar-refractivity contribution in [2.24, 2.45) is 5.92 Å². The molecule has 1 N–H and O–H groups in total. The van der Waals surface area contributed by atoms with Gasteiger partial charge in [-0.2, -0.15) is 5.26 Å². The third kappa shape index (κ3) is 3.88. The molecule has 2 aliphatic heterocycles. The third-order valence-electron chi connectivity index (χ3n) is 5.72. The summed E-state index contributed by atoms with van der Waals surface area (Å²) in [6.07, 6.45) is 4.83. The number of fused-ring (bicyclic) bond motifs is 1. The summed E-state index contributed by atoms with van der Waals surface area (Å²) in [6, 6.07) is 8.84. The van der Waals surface area contributed by atoms with Gasteiger partial charge < -0.3 is 14.8 Å². The van der Waals surface area contributed by atoms with Crippen LogP contribution in [0.2, 0.25) is 0 Å². The Kier molecular flexibility index (Phi) is 5.34. The van der Waals surface area contributed by atoms with Crippen molar-refractivity contribution in [1.82, 2.24) is 14.5 Å². The second-order valence-electron chi connectivity index (χ2n) is 7.98. The summed E-state index contributed by atoms with van der Waals surface area (Å²) in [5.74, 6) is 0.449. The predicted molar refractivity (Wildman–Crippen MR) is 109 cm³/mol. The Hall–Kier alpha value is -3.14. The molecular weight excluding hydrogens is 366 g/mol. The van der Waals surface area contributed by atoms with Gasteiger partial charge in [-0.25, -0.2) is 4.98 Å². The molecule has 1 fully saturated rings. The van der Waals surface area contributed by atoms with Gasteiger partial charge in [0.05, 0.1) is 17.3 Å². The fraction of sp³-hybridized carbons (Fsp3) is 0.455. The van der Waals surface area contributed by atoms with Crippen molar-refractivity contribution in [3.8, 4) is 6.07 Å². The number of rotatable bonds is 3. The normalized spacial score (nSPS) is 18.6. The molecule has 150 valence electrons. The number of hydrogen-bond donors (Lipinski definition) is 1. The van der Waals surface area contributed by atoms with Crippen molar-refractivity contribution < 1.29 is 9.59 Å². The molecule has 2 amide bonds. The van der Waals surface area contributed by atoms with Crippen LogP contribution >= 0.6 is 0 Å². The molecule has 0 aliphatic carbocycles. The van der Waals surface area contributed by atoms with Crippen molar-refractivity contribution in [1.29, 1.82) is 5.26 Å². The lowest BCUT2D eigenvalue weighted by molar-refractivity contribution is 0.0664. The summed E-state index contributed by atoms with van der Waals surface area (Å²) >= 11 is 0. The lowest BCUT2D eigenvalue weighted by Gasteiger charge is -2.31. The number of benzene rings is 1. The fourth-order valence-electron chi connectivity index (χ4n) is 4.26. The van der Waals surface area contributed by atoms with Gasteiger partial charge in [0.1, 0.15) is 0 Å². The van der Waals surface area contributed by atoms with Gasteiger partial charge in [0.25, 0.3) is 11.8 Å². The van der Waals surface area contributed by atoms with Crippen LogP contribution < -0.4 is 5.32 Å². The number of imidazole rings is 1. The second-order valence-corrected chi connectivity index (χ2v) is 7.98. The number of nitriles is 1. The Bertz CT molecular complexity index is 988. The highest BCUT2D eigenvalue weighted by molar-refractivity contribution is 6.05. The van der Waals surface area contributed by atoms with Crippen LogP contribution in [-0.2, 0) is 13.0 Å². The zero-order chi connectivity index (χ0) is 20.4. The van der Waals surface area contributed by atoms with Crippen molar-refractivity contribution in [2.45, 2.75) is 45.6 Å². The number of carbonyl (C=O) groups excluding carboxylic acids is 2. The quantitative estimate of drug-likeness (QED) is 0.870. The van der Waals surface area contributed by atoms with Crippen LogP contribution in [0.5, 0.6) is 0 Å². The van der Waals surface area contributed by atoms with Crippen LogP contribution in [0.1, 0.15) is 65.0 Å². The first-order valence-electron chi connectivity index (χ1n) is 10.3. The Morgan fingerprint density at radius 2 is 2.10 bits per heavy atom. The van der Waals surface area contributed by atoms with Gasteiger partial charge in [-0.15, -0.1) is 0 Å². The van der Waals surface area contributed by atoms with E-state index in [2.05, 4.69) is 23.3 Å². The SMILES string of the molecule is CC1CCCN(C(=O)c2nc(C(=O)Nc3cccc(C#N)c3)c3n2CCCC3)C1. The number of likely N-dealkylation sites (tertiary alicyclic amines) is 1. The van der Waals surface area contributed by atoms with E-state index in [1.54, 1.807) is 24.3 Å². The molecule has 7 heteroatoms. The first-order chi connectivity index (χ1) is 14.1. The number of aromatic nitrogens is 2.